The lowest BCUT2D eigenvalue weighted by atomic mass is 10.0. The van der Waals surface area contributed by atoms with Gasteiger partial charge in [0.25, 0.3) is 0 Å². The third-order valence-corrected chi connectivity index (χ3v) is 11.6. The first-order valence-electron chi connectivity index (χ1n) is 26.0. The first kappa shape index (κ1) is 58.6. The van der Waals surface area contributed by atoms with E-state index in [1.165, 1.54) is 122 Å². The molecule has 0 spiro atoms. The molecule has 3 N–H and O–H groups in total. The summed E-state index contributed by atoms with van der Waals surface area (Å²) >= 11 is 0. The fourth-order valence-corrected chi connectivity index (χ4v) is 7.70. The third kappa shape index (κ3) is 44.0. The molecule has 3 unspecified atom stereocenters. The Morgan fingerprint density at radius 1 is 0.492 bits per heavy atom. The van der Waals surface area contributed by atoms with Crippen molar-refractivity contribution in [2.45, 2.75) is 270 Å². The highest BCUT2D eigenvalue weighted by Gasteiger charge is 2.24. The van der Waals surface area contributed by atoms with Crippen LogP contribution in [0.1, 0.15) is 252 Å². The van der Waals surface area contributed by atoms with Crippen LogP contribution in [0.3, 0.4) is 0 Å². The molecule has 0 aromatic heterocycles. The van der Waals surface area contributed by atoms with Crippen LogP contribution in [-0.4, -0.2) is 46.9 Å². The molecule has 6 heteroatoms. The number of hydrogen-bond acceptors (Lipinski definition) is 5. The number of esters is 1. The standard InChI is InChI=1S/C55H99NO5/c1-4-7-10-13-16-19-21-23-25-27-28-30-32-35-37-40-43-46-51(61-55(60)48-45-42-39-34-18-15-12-9-6-3)49-54(59)56-52(50-57)53(58)47-44-41-38-36-33-31-29-26-24-22-20-17-14-11-8-5-2/h7,10,16,19,23,25,28,30,35,37,51-53,57-58H,4-6,8-9,11-15,17-18,20-22,24,26-27,29,31-34,36,38-50H2,1-3H3,(H,56,59)/b10-7-,19-16-,25-23-,30-28-,37-35-. The molecule has 0 aromatic rings. The summed E-state index contributed by atoms with van der Waals surface area (Å²) in [5.74, 6) is -0.529. The van der Waals surface area contributed by atoms with Gasteiger partial charge in [-0.1, -0.05) is 236 Å². The van der Waals surface area contributed by atoms with E-state index in [-0.39, 0.29) is 24.9 Å². The molecule has 0 saturated carbocycles. The summed E-state index contributed by atoms with van der Waals surface area (Å²) in [5.41, 5.74) is 0. The van der Waals surface area contributed by atoms with E-state index in [4.69, 9.17) is 4.74 Å². The van der Waals surface area contributed by atoms with Crippen molar-refractivity contribution in [2.24, 2.45) is 0 Å². The fraction of sp³-hybridized carbons (Fsp3) is 0.782. The van der Waals surface area contributed by atoms with Crippen LogP contribution in [0.25, 0.3) is 0 Å². The number of nitrogens with one attached hydrogen (secondary N) is 1. The molecule has 0 aliphatic heterocycles. The van der Waals surface area contributed by atoms with Gasteiger partial charge in [-0.25, -0.2) is 0 Å². The van der Waals surface area contributed by atoms with Crippen molar-refractivity contribution in [2.75, 3.05) is 6.61 Å². The van der Waals surface area contributed by atoms with E-state index in [1.54, 1.807) is 0 Å². The summed E-state index contributed by atoms with van der Waals surface area (Å²) in [6.45, 7) is 6.34. The number of aliphatic hydroxyl groups is 2. The number of allylic oxidation sites excluding steroid dienone is 10. The molecule has 0 fully saturated rings. The number of unbranched alkanes of at least 4 members (excludes halogenated alkanes) is 24. The van der Waals surface area contributed by atoms with Crippen molar-refractivity contribution in [3.63, 3.8) is 0 Å². The molecule has 61 heavy (non-hydrogen) atoms. The molecule has 0 aliphatic carbocycles. The molecule has 3 atom stereocenters. The maximum absolute atomic E-state index is 13.2. The zero-order valence-electron chi connectivity index (χ0n) is 40.3. The zero-order valence-corrected chi connectivity index (χ0v) is 40.3. The van der Waals surface area contributed by atoms with E-state index in [0.717, 1.165) is 83.5 Å². The molecule has 0 saturated heterocycles. The van der Waals surface area contributed by atoms with Crippen LogP contribution in [-0.2, 0) is 14.3 Å². The molecule has 0 aliphatic rings. The quantitative estimate of drug-likeness (QED) is 0.0322. The van der Waals surface area contributed by atoms with Gasteiger partial charge in [0.2, 0.25) is 5.91 Å². The van der Waals surface area contributed by atoms with E-state index in [9.17, 15) is 19.8 Å². The van der Waals surface area contributed by atoms with Gasteiger partial charge in [0.05, 0.1) is 25.2 Å². The zero-order chi connectivity index (χ0) is 44.5. The molecule has 0 radical (unpaired) electrons. The van der Waals surface area contributed by atoms with Crippen LogP contribution in [0, 0.1) is 0 Å². The second-order valence-electron chi connectivity index (χ2n) is 17.5. The van der Waals surface area contributed by atoms with Crippen molar-refractivity contribution in [1.29, 1.82) is 0 Å². The molecule has 6 nitrogen and oxygen atoms in total. The number of hydrogen-bond donors (Lipinski definition) is 3. The van der Waals surface area contributed by atoms with Gasteiger partial charge in [-0.2, -0.15) is 0 Å². The topological polar surface area (TPSA) is 95.9 Å². The molecular formula is C55H99NO5. The smallest absolute Gasteiger partial charge is 0.306 e. The molecule has 0 aromatic carbocycles. The average molecular weight is 854 g/mol. The average Bonchev–Trinajstić information content (AvgIpc) is 3.25. The summed E-state index contributed by atoms with van der Waals surface area (Å²) in [5, 5.41) is 23.8. The van der Waals surface area contributed by atoms with Gasteiger partial charge in [-0.15, -0.1) is 0 Å². The SMILES string of the molecule is CC/C=C\C/C=C\C/C=C\C/C=C\C/C=C\CCCC(CC(=O)NC(CO)C(O)CCCCCCCCCCCCCCCCCC)OC(=O)CCCCCCCCCCC. The third-order valence-electron chi connectivity index (χ3n) is 11.6. The number of carbonyl (C=O) groups excluding carboxylic acids is 2. The van der Waals surface area contributed by atoms with Crippen molar-refractivity contribution in [3.8, 4) is 0 Å². The van der Waals surface area contributed by atoms with Gasteiger partial charge in [0.1, 0.15) is 6.10 Å². The number of aliphatic hydroxyl groups excluding tert-OH is 2. The van der Waals surface area contributed by atoms with Crippen LogP contribution >= 0.6 is 0 Å². The van der Waals surface area contributed by atoms with Crippen molar-refractivity contribution in [1.82, 2.24) is 5.32 Å². The molecule has 0 heterocycles. The highest BCUT2D eigenvalue weighted by atomic mass is 16.5. The fourth-order valence-electron chi connectivity index (χ4n) is 7.70. The number of rotatable bonds is 46. The van der Waals surface area contributed by atoms with Crippen molar-refractivity contribution >= 4 is 11.9 Å². The highest BCUT2D eigenvalue weighted by molar-refractivity contribution is 5.77. The van der Waals surface area contributed by atoms with E-state index < -0.39 is 18.2 Å². The van der Waals surface area contributed by atoms with Gasteiger partial charge in [-0.05, 0) is 64.2 Å². The Morgan fingerprint density at radius 2 is 0.885 bits per heavy atom. The molecular weight excluding hydrogens is 755 g/mol. The van der Waals surface area contributed by atoms with E-state index in [2.05, 4.69) is 86.8 Å². The van der Waals surface area contributed by atoms with Crippen LogP contribution < -0.4 is 5.32 Å². The first-order chi connectivity index (χ1) is 30.0. The number of amides is 1. The highest BCUT2D eigenvalue weighted by Crippen LogP contribution is 2.17. The summed E-state index contributed by atoms with van der Waals surface area (Å²) in [4.78, 5) is 26.1. The normalized spacial score (nSPS) is 13.7. The largest absolute Gasteiger partial charge is 0.462 e. The summed E-state index contributed by atoms with van der Waals surface area (Å²) in [6.07, 6.45) is 60.0. The number of carbonyl (C=O) groups is 2. The maximum Gasteiger partial charge on any atom is 0.306 e. The first-order valence-corrected chi connectivity index (χ1v) is 26.0. The summed E-state index contributed by atoms with van der Waals surface area (Å²) in [6, 6.07) is -0.719. The predicted octanol–water partition coefficient (Wildman–Crippen LogP) is 15.6. The minimum Gasteiger partial charge on any atom is -0.462 e. The summed E-state index contributed by atoms with van der Waals surface area (Å²) in [7, 11) is 0. The van der Waals surface area contributed by atoms with Crippen molar-refractivity contribution < 1.29 is 24.5 Å². The van der Waals surface area contributed by atoms with Crippen LogP contribution in [0.4, 0.5) is 0 Å². The Labute approximate surface area is 378 Å². The Morgan fingerprint density at radius 3 is 1.31 bits per heavy atom. The van der Waals surface area contributed by atoms with Gasteiger partial charge < -0.3 is 20.3 Å². The lowest BCUT2D eigenvalue weighted by molar-refractivity contribution is -0.151. The minimum atomic E-state index is -0.802. The van der Waals surface area contributed by atoms with Crippen molar-refractivity contribution in [3.05, 3.63) is 60.8 Å². The number of ether oxygens (including phenoxy) is 1. The van der Waals surface area contributed by atoms with Crippen LogP contribution in [0.2, 0.25) is 0 Å². The minimum absolute atomic E-state index is 0.0391. The Bertz CT molecular complexity index is 1090. The summed E-state index contributed by atoms with van der Waals surface area (Å²) < 4.78 is 5.89. The van der Waals surface area contributed by atoms with Gasteiger partial charge >= 0.3 is 5.97 Å². The maximum atomic E-state index is 13.2. The van der Waals surface area contributed by atoms with E-state index in [0.29, 0.717) is 19.3 Å². The van der Waals surface area contributed by atoms with E-state index >= 15 is 0 Å². The Hall–Kier alpha value is -2.44. The second-order valence-corrected chi connectivity index (χ2v) is 17.5. The van der Waals surface area contributed by atoms with Crippen LogP contribution in [0.15, 0.2) is 60.8 Å². The Balaban J connectivity index is 4.60. The second kappa shape index (κ2) is 48.6. The molecule has 0 bridgehead atoms. The predicted molar refractivity (Wildman–Crippen MR) is 264 cm³/mol. The Kier molecular flexibility index (Phi) is 46.6. The molecule has 1 amide bonds. The molecule has 0 rings (SSSR count). The van der Waals surface area contributed by atoms with E-state index in [1.807, 2.05) is 0 Å². The molecule has 354 valence electrons. The monoisotopic (exact) mass is 854 g/mol. The van der Waals surface area contributed by atoms with Gasteiger partial charge in [0, 0.05) is 6.42 Å². The van der Waals surface area contributed by atoms with Gasteiger partial charge in [-0.3, -0.25) is 9.59 Å². The van der Waals surface area contributed by atoms with Gasteiger partial charge in [0.15, 0.2) is 0 Å². The van der Waals surface area contributed by atoms with Crippen LogP contribution in [0.5, 0.6) is 0 Å². The lowest BCUT2D eigenvalue weighted by Gasteiger charge is -2.24. The lowest BCUT2D eigenvalue weighted by Crippen LogP contribution is -2.46.